The van der Waals surface area contributed by atoms with Gasteiger partial charge in [-0.05, 0) is 75.0 Å². The Labute approximate surface area is 260 Å². The summed E-state index contributed by atoms with van der Waals surface area (Å²) < 4.78 is 35.8. The fourth-order valence-electron chi connectivity index (χ4n) is 5.39. The van der Waals surface area contributed by atoms with Crippen LogP contribution in [0.4, 0.5) is 8.78 Å². The number of piperidine rings is 1. The molecule has 2 fully saturated rings. The number of fused-ring (bicyclic) bond motifs is 1. The molecule has 2 atom stereocenters. The van der Waals surface area contributed by atoms with Crippen molar-refractivity contribution in [3.63, 3.8) is 0 Å². The molecular formula is C31H36Cl2F2N4O4. The first kappa shape index (κ1) is 33.2. The molecule has 8 nitrogen and oxygen atoms in total. The third-order valence-corrected chi connectivity index (χ3v) is 8.29. The van der Waals surface area contributed by atoms with Crippen LogP contribution in [0.3, 0.4) is 0 Å². The molecule has 2 aromatic carbocycles. The second-order valence-corrected chi connectivity index (χ2v) is 11.5. The number of ether oxygens (including phenoxy) is 1. The van der Waals surface area contributed by atoms with Gasteiger partial charge in [-0.1, -0.05) is 48.3 Å². The van der Waals surface area contributed by atoms with Gasteiger partial charge in [0.25, 0.3) is 5.91 Å². The summed E-state index contributed by atoms with van der Waals surface area (Å²) in [7, 11) is 0. The Morgan fingerprint density at radius 2 is 1.72 bits per heavy atom. The molecule has 4 heterocycles. The van der Waals surface area contributed by atoms with Crippen molar-refractivity contribution in [2.75, 3.05) is 26.3 Å². The number of benzene rings is 2. The number of hydrogen-bond donors (Lipinski definition) is 3. The highest BCUT2D eigenvalue weighted by molar-refractivity contribution is 6.30. The van der Waals surface area contributed by atoms with E-state index in [1.165, 1.54) is 31.3 Å². The Bertz CT molecular complexity index is 1350. The first-order valence-corrected chi connectivity index (χ1v) is 15.0. The monoisotopic (exact) mass is 636 g/mol. The molecule has 43 heavy (non-hydrogen) atoms. The lowest BCUT2D eigenvalue weighted by Gasteiger charge is -2.44. The predicted molar refractivity (Wildman–Crippen MR) is 160 cm³/mol. The molecule has 1 unspecified atom stereocenters. The molecule has 232 valence electrons. The molecule has 0 aliphatic carbocycles. The quantitative estimate of drug-likeness (QED) is 0.328. The normalized spacial score (nSPS) is 20.3. The number of halogens is 4. The van der Waals surface area contributed by atoms with Crippen LogP contribution in [0.15, 0.2) is 54.9 Å². The second kappa shape index (κ2) is 14.8. The summed E-state index contributed by atoms with van der Waals surface area (Å²) in [5, 5.41) is 26.1. The second-order valence-electron chi connectivity index (χ2n) is 10.6. The van der Waals surface area contributed by atoms with E-state index in [-0.39, 0.29) is 48.3 Å². The van der Waals surface area contributed by atoms with Gasteiger partial charge in [-0.2, -0.15) is 0 Å². The van der Waals surface area contributed by atoms with Crippen molar-refractivity contribution in [3.05, 3.63) is 93.2 Å². The number of alkyl halides is 1. The number of hydrogen-bond acceptors (Lipinski definition) is 7. The van der Waals surface area contributed by atoms with E-state index in [0.29, 0.717) is 18.1 Å². The van der Waals surface area contributed by atoms with Gasteiger partial charge in [0.2, 0.25) is 0 Å². The largest absolute Gasteiger partial charge is 0.382 e. The van der Waals surface area contributed by atoms with Crippen LogP contribution >= 0.6 is 23.2 Å². The number of carbonyl (C=O) groups is 1. The summed E-state index contributed by atoms with van der Waals surface area (Å²) in [6, 6.07) is 11.8. The lowest BCUT2D eigenvalue weighted by atomic mass is 9.71. The number of aliphatic hydroxyl groups is 2. The van der Waals surface area contributed by atoms with Gasteiger partial charge in [0.1, 0.15) is 22.9 Å². The number of amides is 1. The number of aromatic nitrogens is 2. The van der Waals surface area contributed by atoms with Gasteiger partial charge in [0.15, 0.2) is 6.23 Å². The van der Waals surface area contributed by atoms with Crippen LogP contribution in [0, 0.1) is 5.82 Å². The van der Waals surface area contributed by atoms with E-state index in [1.807, 2.05) is 30.3 Å². The number of aliphatic hydroxyl groups excluding tert-OH is 1. The van der Waals surface area contributed by atoms with Crippen LogP contribution in [-0.4, -0.2) is 63.0 Å². The summed E-state index contributed by atoms with van der Waals surface area (Å²) in [5.41, 5.74) is -4.27. The van der Waals surface area contributed by atoms with E-state index in [2.05, 4.69) is 15.3 Å². The summed E-state index contributed by atoms with van der Waals surface area (Å²) in [6.07, 6.45) is 3.83. The van der Waals surface area contributed by atoms with Crippen molar-refractivity contribution in [3.8, 4) is 0 Å². The zero-order valence-corrected chi connectivity index (χ0v) is 25.4. The molecule has 12 heteroatoms. The molecule has 0 bridgehead atoms. The summed E-state index contributed by atoms with van der Waals surface area (Å²) >= 11 is 11.3. The molecular weight excluding hydrogens is 601 g/mol. The first-order valence-electron chi connectivity index (χ1n) is 14.3. The van der Waals surface area contributed by atoms with Crippen LogP contribution < -0.4 is 5.32 Å². The molecule has 3 N–H and O–H groups in total. The average Bonchev–Trinajstić information content (AvgIpc) is 3.67. The van der Waals surface area contributed by atoms with Crippen molar-refractivity contribution >= 4 is 29.1 Å². The van der Waals surface area contributed by atoms with Crippen LogP contribution in [-0.2, 0) is 16.9 Å². The molecule has 3 aliphatic rings. The highest BCUT2D eigenvalue weighted by Crippen LogP contribution is 2.46. The minimum atomic E-state index is -1.97. The zero-order valence-electron chi connectivity index (χ0n) is 23.9. The molecule has 2 saturated heterocycles. The molecule has 3 aliphatic heterocycles. The molecule has 0 spiro atoms. The number of nitrogens with zero attached hydrogens (tertiary/aromatic N) is 3. The van der Waals surface area contributed by atoms with E-state index >= 15 is 8.78 Å². The number of rotatable bonds is 5. The molecule has 0 radical (unpaired) electrons. The third kappa shape index (κ3) is 7.68. The van der Waals surface area contributed by atoms with Crippen LogP contribution in [0.5, 0.6) is 0 Å². The summed E-state index contributed by atoms with van der Waals surface area (Å²) in [5.74, 6) is -1.32. The zero-order chi connectivity index (χ0) is 31.0. The number of carbonyl (C=O) groups excluding carboxylic acids is 1. The SMILES string of the molecule is C1CCOC1.CCC(O)(c1cc(F)c2c(c1)C(=O)N(Cc1ncc(Cl)cn1)[C@@H]2O)C1(F)CCNCC1.Clc1ccccc1. The van der Waals surface area contributed by atoms with Gasteiger partial charge in [0.05, 0.1) is 17.1 Å². The van der Waals surface area contributed by atoms with Gasteiger partial charge in [0, 0.05) is 36.2 Å². The van der Waals surface area contributed by atoms with E-state index < -0.39 is 29.2 Å². The maximum atomic E-state index is 15.8. The van der Waals surface area contributed by atoms with Crippen LogP contribution in [0.25, 0.3) is 0 Å². The van der Waals surface area contributed by atoms with Crippen molar-refractivity contribution in [2.24, 2.45) is 0 Å². The number of nitrogens with one attached hydrogen (secondary N) is 1. The molecule has 1 aromatic heterocycles. The van der Waals surface area contributed by atoms with E-state index in [1.54, 1.807) is 6.92 Å². The summed E-state index contributed by atoms with van der Waals surface area (Å²) in [4.78, 5) is 22.0. The molecule has 6 rings (SSSR count). The molecule has 0 saturated carbocycles. The topological polar surface area (TPSA) is 108 Å². The molecule has 3 aromatic rings. The average molecular weight is 638 g/mol. The highest BCUT2D eigenvalue weighted by atomic mass is 35.5. The van der Waals surface area contributed by atoms with E-state index in [4.69, 9.17) is 27.9 Å². The third-order valence-electron chi connectivity index (χ3n) is 7.85. The van der Waals surface area contributed by atoms with Gasteiger partial charge < -0.3 is 25.2 Å². The smallest absolute Gasteiger partial charge is 0.257 e. The minimum Gasteiger partial charge on any atom is -0.382 e. The van der Waals surface area contributed by atoms with Gasteiger partial charge in [-0.3, -0.25) is 4.79 Å². The lowest BCUT2D eigenvalue weighted by molar-refractivity contribution is -0.127. The highest BCUT2D eigenvalue weighted by Gasteiger charge is 2.52. The van der Waals surface area contributed by atoms with E-state index in [0.717, 1.165) is 29.2 Å². The van der Waals surface area contributed by atoms with Crippen molar-refractivity contribution in [1.82, 2.24) is 20.2 Å². The lowest BCUT2D eigenvalue weighted by Crippen LogP contribution is -2.53. The van der Waals surface area contributed by atoms with E-state index in [9.17, 15) is 15.0 Å². The van der Waals surface area contributed by atoms with Crippen molar-refractivity contribution in [1.29, 1.82) is 0 Å². The fourth-order valence-corrected chi connectivity index (χ4v) is 5.63. The Balaban J connectivity index is 0.000000291. The van der Waals surface area contributed by atoms with Gasteiger partial charge in [-0.15, -0.1) is 0 Å². The first-order chi connectivity index (χ1) is 20.6. The standard InChI is InChI=1S/C21H23ClF2N4O3.C6H5Cl.C4H8O/c1-2-21(31,20(24)3-5-25-6-4-20)12-7-14-17(15(23)8-12)19(30)28(18(14)29)11-16-26-9-13(22)10-27-16;7-6-4-2-1-3-5-6;1-2-4-5-3-1/h7-10,19,25,30-31H,2-6,11H2,1H3;1-5H;1-4H2/t19-,21?;;/m1../s1. The Morgan fingerprint density at radius 1 is 1.09 bits per heavy atom. The van der Waals surface area contributed by atoms with Gasteiger partial charge >= 0.3 is 0 Å². The Morgan fingerprint density at radius 3 is 2.23 bits per heavy atom. The maximum absolute atomic E-state index is 15.8. The maximum Gasteiger partial charge on any atom is 0.257 e. The predicted octanol–water partition coefficient (Wildman–Crippen LogP) is 5.74. The summed E-state index contributed by atoms with van der Waals surface area (Å²) in [6.45, 7) is 4.23. The van der Waals surface area contributed by atoms with Crippen LogP contribution in [0.1, 0.15) is 72.6 Å². The Hall–Kier alpha value is -2.73. The van der Waals surface area contributed by atoms with Gasteiger partial charge in [-0.25, -0.2) is 18.7 Å². The van der Waals surface area contributed by atoms with Crippen LogP contribution in [0.2, 0.25) is 10.0 Å². The molecule has 1 amide bonds. The fraction of sp³-hybridized carbons (Fsp3) is 0.452. The van der Waals surface area contributed by atoms with Crippen molar-refractivity contribution < 1.29 is 28.5 Å². The van der Waals surface area contributed by atoms with Crippen molar-refractivity contribution in [2.45, 2.75) is 63.1 Å². The Kier molecular flexibility index (Phi) is 11.4. The minimum absolute atomic E-state index is 0.000793.